The summed E-state index contributed by atoms with van der Waals surface area (Å²) in [6, 6.07) is 0. The van der Waals surface area contributed by atoms with E-state index in [1.54, 1.807) is 0 Å². The second-order valence-corrected chi connectivity index (χ2v) is 21.0. The molecule has 17 heteroatoms. The molecule has 0 bridgehead atoms. The van der Waals surface area contributed by atoms with E-state index in [1.807, 2.05) is 79.0 Å². The van der Waals surface area contributed by atoms with Gasteiger partial charge >= 0.3 is 27.6 Å². The molecule has 15 nitrogen and oxygen atoms in total. The second kappa shape index (κ2) is 50.4. The molecule has 0 saturated heterocycles. The molecule has 0 aliphatic rings. The lowest BCUT2D eigenvalue weighted by Crippen LogP contribution is -2.25. The van der Waals surface area contributed by atoms with Gasteiger partial charge in [0.05, 0.1) is 26.4 Å². The Balaban J connectivity index is 3.89. The van der Waals surface area contributed by atoms with Gasteiger partial charge in [-0.25, -0.2) is 9.13 Å². The third kappa shape index (κ3) is 52.1. The van der Waals surface area contributed by atoms with Crippen LogP contribution in [0.15, 0.2) is 85.1 Å². The van der Waals surface area contributed by atoms with E-state index in [-0.39, 0.29) is 12.8 Å². The third-order valence-corrected chi connectivity index (χ3v) is 13.0. The van der Waals surface area contributed by atoms with Crippen molar-refractivity contribution in [2.45, 2.75) is 212 Å². The molecule has 0 aromatic rings. The van der Waals surface area contributed by atoms with Crippen LogP contribution in [0.2, 0.25) is 0 Å². The lowest BCUT2D eigenvalue weighted by atomic mass is 10.0. The zero-order valence-corrected chi connectivity index (χ0v) is 45.9. The lowest BCUT2D eigenvalue weighted by Gasteiger charge is -2.19. The molecule has 72 heavy (non-hydrogen) atoms. The van der Waals surface area contributed by atoms with Crippen molar-refractivity contribution in [2.75, 3.05) is 39.6 Å². The van der Waals surface area contributed by atoms with Gasteiger partial charge in [0.15, 0.2) is 0 Å². The number of phosphoric ester groups is 2. The molecule has 0 spiro atoms. The van der Waals surface area contributed by atoms with E-state index in [9.17, 15) is 43.8 Å². The minimum atomic E-state index is -4.80. The molecule has 416 valence electrons. The van der Waals surface area contributed by atoms with Crippen molar-refractivity contribution in [3.05, 3.63) is 85.1 Å². The first-order valence-electron chi connectivity index (χ1n) is 27.0. The fourth-order valence-electron chi connectivity index (χ4n) is 6.90. The fraction of sp³-hybridized carbons (Fsp3) is 0.709. The van der Waals surface area contributed by atoms with E-state index in [0.717, 1.165) is 44.9 Å². The number of aliphatic hydroxyl groups excluding tert-OH is 3. The topological polar surface area (TPSA) is 225 Å². The average Bonchev–Trinajstić information content (AvgIpc) is 3.36. The van der Waals surface area contributed by atoms with E-state index in [0.29, 0.717) is 12.8 Å². The van der Waals surface area contributed by atoms with Crippen LogP contribution in [0.25, 0.3) is 0 Å². The van der Waals surface area contributed by atoms with Crippen LogP contribution in [0.3, 0.4) is 0 Å². The minimum Gasteiger partial charge on any atom is -0.463 e. The van der Waals surface area contributed by atoms with Gasteiger partial charge in [-0.2, -0.15) is 0 Å². The maximum atomic E-state index is 12.2. The Bertz CT molecular complexity index is 1610. The first-order chi connectivity index (χ1) is 34.8. The highest BCUT2D eigenvalue weighted by Gasteiger charge is 2.28. The lowest BCUT2D eigenvalue weighted by molar-refractivity contribution is -0.148. The van der Waals surface area contributed by atoms with Gasteiger partial charge in [-0.3, -0.25) is 27.7 Å². The Morgan fingerprint density at radius 1 is 0.375 bits per heavy atom. The first-order valence-corrected chi connectivity index (χ1v) is 30.0. The van der Waals surface area contributed by atoms with Crippen molar-refractivity contribution in [1.29, 1.82) is 0 Å². The number of hydrogen-bond donors (Lipinski definition) is 5. The van der Waals surface area contributed by atoms with Crippen molar-refractivity contribution in [1.82, 2.24) is 0 Å². The van der Waals surface area contributed by atoms with Gasteiger partial charge in [0, 0.05) is 12.8 Å². The van der Waals surface area contributed by atoms with Crippen molar-refractivity contribution in [2.24, 2.45) is 0 Å². The zero-order chi connectivity index (χ0) is 53.1. The van der Waals surface area contributed by atoms with Crippen molar-refractivity contribution in [3.63, 3.8) is 0 Å². The maximum absolute atomic E-state index is 12.2. The van der Waals surface area contributed by atoms with Crippen LogP contribution < -0.4 is 0 Å². The van der Waals surface area contributed by atoms with E-state index in [4.69, 9.17) is 14.0 Å². The number of aliphatic hydroxyl groups is 3. The summed E-state index contributed by atoms with van der Waals surface area (Å²) < 4.78 is 53.1. The molecule has 5 N–H and O–H groups in total. The molecule has 0 saturated carbocycles. The number of unbranched alkanes of at least 4 members (excludes halogenated alkanes) is 23. The Hall–Kier alpha value is -2.78. The Morgan fingerprint density at radius 3 is 0.958 bits per heavy atom. The molecule has 0 aromatic carbocycles. The first kappa shape index (κ1) is 69.2. The number of rotatable bonds is 51. The van der Waals surface area contributed by atoms with Crippen LogP contribution in [0.4, 0.5) is 0 Å². The number of hydrogen-bond acceptors (Lipinski definition) is 13. The van der Waals surface area contributed by atoms with E-state index in [2.05, 4.69) is 33.5 Å². The minimum absolute atomic E-state index is 0.139. The summed E-state index contributed by atoms with van der Waals surface area (Å²) in [4.78, 5) is 43.9. The standard InChI is InChI=1S/C55H96O15P2/c1-3-5-7-9-11-13-15-17-19-21-23-24-26-28-30-32-34-36-38-40-42-44-55(60)66-46-52(57)48-68-72(63,64)70-50-53(58)49-69-71(61,62)67-47-51(56)45-65-54(59)43-41-39-37-35-33-31-29-27-25-22-20-18-16-14-12-10-8-6-4-2/h6,8,10,12,14,16,18,20,22,25,27,29,31,33,51-53,56-58H,3-5,7,9,11,13,15,17,19,21,23-24,26,28,30,32,34-50H2,1-2H3,(H,61,62)(H,63,64)/b8-6+,12-10+,16-14-,20-18+,25-22+,29-27+,33-31+. The molecular formula is C55H96O15P2. The highest BCUT2D eigenvalue weighted by Crippen LogP contribution is 2.45. The zero-order valence-electron chi connectivity index (χ0n) is 44.1. The van der Waals surface area contributed by atoms with Gasteiger partial charge < -0.3 is 34.6 Å². The maximum Gasteiger partial charge on any atom is 0.472 e. The number of ether oxygens (including phenoxy) is 2. The highest BCUT2D eigenvalue weighted by atomic mass is 31.2. The van der Waals surface area contributed by atoms with Gasteiger partial charge in [0.1, 0.15) is 31.5 Å². The highest BCUT2D eigenvalue weighted by molar-refractivity contribution is 7.47. The SMILES string of the molecule is CC/C=C/C=C/C=C\C=C\C=C\C=C\C=C\CCCCCC(=O)OCC(O)COP(=O)(O)OCC(O)COP(=O)(O)OCC(O)COC(=O)CCCCCCCCCCCCCCCCCCCCCCC. The Morgan fingerprint density at radius 2 is 0.639 bits per heavy atom. The molecule has 0 aromatic heterocycles. The van der Waals surface area contributed by atoms with Crippen LogP contribution in [0.1, 0.15) is 194 Å². The van der Waals surface area contributed by atoms with Crippen molar-refractivity contribution < 1.29 is 71.4 Å². The van der Waals surface area contributed by atoms with Gasteiger partial charge in [-0.1, -0.05) is 234 Å². The summed E-state index contributed by atoms with van der Waals surface area (Å²) in [5.41, 5.74) is 0. The van der Waals surface area contributed by atoms with Crippen molar-refractivity contribution in [3.8, 4) is 0 Å². The molecule has 0 radical (unpaired) electrons. The average molecular weight is 1060 g/mol. The molecule has 0 aliphatic heterocycles. The smallest absolute Gasteiger partial charge is 0.463 e. The fourth-order valence-corrected chi connectivity index (χ4v) is 8.49. The van der Waals surface area contributed by atoms with E-state index in [1.165, 1.54) is 109 Å². The summed E-state index contributed by atoms with van der Waals surface area (Å²) >= 11 is 0. The molecule has 0 rings (SSSR count). The summed E-state index contributed by atoms with van der Waals surface area (Å²) in [7, 11) is -9.60. The number of esters is 2. The predicted octanol–water partition coefficient (Wildman–Crippen LogP) is 13.3. The van der Waals surface area contributed by atoms with Crippen LogP contribution >= 0.6 is 15.6 Å². The van der Waals surface area contributed by atoms with Gasteiger partial charge in [0.25, 0.3) is 0 Å². The summed E-state index contributed by atoms with van der Waals surface area (Å²) in [6.07, 6.45) is 54.2. The molecule has 5 atom stereocenters. The van der Waals surface area contributed by atoms with Gasteiger partial charge in [-0.15, -0.1) is 0 Å². The predicted molar refractivity (Wildman–Crippen MR) is 288 cm³/mol. The number of carbonyl (C=O) groups is 2. The molecule has 0 amide bonds. The van der Waals surface area contributed by atoms with Gasteiger partial charge in [0.2, 0.25) is 0 Å². The number of phosphoric acid groups is 2. The Kier molecular flexibility index (Phi) is 48.4. The summed E-state index contributed by atoms with van der Waals surface area (Å²) in [6.45, 7) is 0.238. The van der Waals surface area contributed by atoms with Crippen molar-refractivity contribution >= 4 is 27.6 Å². The Labute approximate surface area is 434 Å². The van der Waals surface area contributed by atoms with Crippen LogP contribution in [-0.4, -0.2) is 95.0 Å². The van der Waals surface area contributed by atoms with Crippen LogP contribution in [0.5, 0.6) is 0 Å². The summed E-state index contributed by atoms with van der Waals surface area (Å²) in [5.74, 6) is -1.04. The number of allylic oxidation sites excluding steroid dienone is 14. The third-order valence-electron chi connectivity index (χ3n) is 11.1. The number of carbonyl (C=O) groups excluding carboxylic acids is 2. The second-order valence-electron chi connectivity index (χ2n) is 18.1. The quantitative estimate of drug-likeness (QED) is 0.0165. The molecule has 0 fully saturated rings. The van der Waals surface area contributed by atoms with Crippen LogP contribution in [-0.2, 0) is 46.3 Å². The van der Waals surface area contributed by atoms with Gasteiger partial charge in [-0.05, 0) is 32.1 Å². The van der Waals surface area contributed by atoms with E-state index >= 15 is 0 Å². The molecular weight excluding hydrogens is 963 g/mol. The monoisotopic (exact) mass is 1060 g/mol. The normalized spacial score (nSPS) is 15.5. The molecule has 0 aliphatic carbocycles. The largest absolute Gasteiger partial charge is 0.472 e. The van der Waals surface area contributed by atoms with Crippen LogP contribution in [0, 0.1) is 0 Å². The molecule has 0 heterocycles. The molecule has 5 unspecified atom stereocenters. The summed E-state index contributed by atoms with van der Waals surface area (Å²) in [5, 5.41) is 30.1. The van der Waals surface area contributed by atoms with E-state index < -0.39 is 85.5 Å².